The van der Waals surface area contributed by atoms with Crippen molar-refractivity contribution in [1.82, 2.24) is 0 Å². The minimum Gasteiger partial charge on any atom is -0.121 e. The third kappa shape index (κ3) is 2.61. The zero-order chi connectivity index (χ0) is 9.73. The van der Waals surface area contributed by atoms with Gasteiger partial charge in [-0.1, -0.05) is 55.9 Å². The van der Waals surface area contributed by atoms with Crippen LogP contribution in [0.25, 0.3) is 0 Å². The summed E-state index contributed by atoms with van der Waals surface area (Å²) in [7, 11) is -1.53. The minimum absolute atomic E-state index is 1.38. The van der Waals surface area contributed by atoms with Crippen molar-refractivity contribution in [2.45, 2.75) is 13.1 Å². The van der Waals surface area contributed by atoms with E-state index in [-0.39, 0.29) is 0 Å². The molecule has 0 aliphatic heterocycles. The van der Waals surface area contributed by atoms with Crippen LogP contribution in [0.4, 0.5) is 0 Å². The highest BCUT2D eigenvalue weighted by molar-refractivity contribution is 6.96. The second-order valence-corrected chi connectivity index (χ2v) is 7.54. The topological polar surface area (TPSA) is 0 Å². The molecule has 0 radical (unpaired) electrons. The average Bonchev–Trinajstić information content (AvgIpc) is 2.16. The van der Waals surface area contributed by atoms with E-state index >= 15 is 0 Å². The van der Waals surface area contributed by atoms with Crippen LogP contribution < -0.4 is 5.19 Å². The molecular weight excluding hydrogens is 172 g/mol. The lowest BCUT2D eigenvalue weighted by Gasteiger charge is -2.14. The summed E-state index contributed by atoms with van der Waals surface area (Å²) < 4.78 is 0. The molecule has 0 N–H and O–H groups in total. The van der Waals surface area contributed by atoms with Crippen molar-refractivity contribution in [1.29, 1.82) is 0 Å². The van der Waals surface area contributed by atoms with Gasteiger partial charge in [0, 0.05) is 0 Å². The van der Waals surface area contributed by atoms with E-state index < -0.39 is 8.07 Å². The summed E-state index contributed by atoms with van der Waals surface area (Å²) in [6.45, 7) is 8.10. The Morgan fingerprint density at radius 3 is 2.38 bits per heavy atom. The fourth-order valence-corrected chi connectivity index (χ4v) is 2.79. The lowest BCUT2D eigenvalue weighted by Crippen LogP contribution is -2.39. The summed E-state index contributed by atoms with van der Waals surface area (Å²) in [5.41, 5.74) is 3.30. The van der Waals surface area contributed by atoms with Gasteiger partial charge in [0.25, 0.3) is 0 Å². The van der Waals surface area contributed by atoms with Crippen molar-refractivity contribution >= 4 is 13.3 Å². The lowest BCUT2D eigenvalue weighted by atomic mass is 10.4. The van der Waals surface area contributed by atoms with E-state index in [2.05, 4.69) is 55.4 Å². The van der Waals surface area contributed by atoms with Crippen LogP contribution in [0, 0.1) is 11.5 Å². The van der Waals surface area contributed by atoms with E-state index in [4.69, 9.17) is 0 Å². The van der Waals surface area contributed by atoms with Crippen molar-refractivity contribution in [3.05, 3.63) is 43.0 Å². The molecule has 0 spiro atoms. The summed E-state index contributed by atoms with van der Waals surface area (Å²) in [5.74, 6) is 2.96. The average molecular weight is 186 g/mol. The fourth-order valence-electron chi connectivity index (χ4n) is 1.16. The van der Waals surface area contributed by atoms with Gasteiger partial charge >= 0.3 is 0 Å². The quantitative estimate of drug-likeness (QED) is 0.466. The van der Waals surface area contributed by atoms with Crippen LogP contribution in [-0.4, -0.2) is 8.07 Å². The minimum atomic E-state index is -1.53. The molecule has 0 aromatic heterocycles. The van der Waals surface area contributed by atoms with Gasteiger partial charge in [0.15, 0.2) is 8.07 Å². The van der Waals surface area contributed by atoms with Crippen molar-refractivity contribution in [3.63, 3.8) is 0 Å². The Balaban J connectivity index is 3.00. The molecule has 0 amide bonds. The first kappa shape index (κ1) is 9.82. The molecule has 0 heterocycles. The molecule has 1 aromatic carbocycles. The predicted octanol–water partition coefficient (Wildman–Crippen LogP) is 2.33. The molecule has 1 heteroatoms. The van der Waals surface area contributed by atoms with Crippen molar-refractivity contribution in [3.8, 4) is 11.5 Å². The largest absolute Gasteiger partial charge is 0.163 e. The Bertz CT molecular complexity index is 338. The summed E-state index contributed by atoms with van der Waals surface area (Å²) >= 11 is 0. The van der Waals surface area contributed by atoms with Gasteiger partial charge in [-0.05, 0) is 11.3 Å². The number of rotatable bonds is 1. The SMILES string of the molecule is C=CC#C[Si](C)(C)c1ccccc1. The van der Waals surface area contributed by atoms with Gasteiger partial charge in [0.2, 0.25) is 0 Å². The van der Waals surface area contributed by atoms with E-state index in [1.165, 1.54) is 5.19 Å². The molecule has 0 nitrogen and oxygen atoms in total. The summed E-state index contributed by atoms with van der Waals surface area (Å²) in [6.07, 6.45) is 1.66. The van der Waals surface area contributed by atoms with Gasteiger partial charge < -0.3 is 0 Å². The number of hydrogen-bond acceptors (Lipinski definition) is 0. The first-order chi connectivity index (χ1) is 6.17. The molecule has 0 unspecified atom stereocenters. The molecule has 0 bridgehead atoms. The summed E-state index contributed by atoms with van der Waals surface area (Å²) in [5, 5.41) is 1.38. The fraction of sp³-hybridized carbons (Fsp3) is 0.167. The highest BCUT2D eigenvalue weighted by atomic mass is 28.3. The molecular formula is C12H14Si. The van der Waals surface area contributed by atoms with Gasteiger partial charge in [0.1, 0.15) is 0 Å². The van der Waals surface area contributed by atoms with Crippen LogP contribution in [0.2, 0.25) is 13.1 Å². The molecule has 1 rings (SSSR count). The first-order valence-electron chi connectivity index (χ1n) is 4.36. The molecule has 0 aliphatic rings. The van der Waals surface area contributed by atoms with Crippen molar-refractivity contribution < 1.29 is 0 Å². The normalized spacial score (nSPS) is 10.0. The van der Waals surface area contributed by atoms with Gasteiger partial charge in [-0.3, -0.25) is 0 Å². The third-order valence-corrected chi connectivity index (χ3v) is 4.53. The van der Waals surface area contributed by atoms with Crippen LogP contribution >= 0.6 is 0 Å². The molecule has 1 aromatic rings. The van der Waals surface area contributed by atoms with Crippen molar-refractivity contribution in [2.75, 3.05) is 0 Å². The van der Waals surface area contributed by atoms with Gasteiger partial charge in [-0.25, -0.2) is 0 Å². The number of allylic oxidation sites excluding steroid dienone is 1. The maximum atomic E-state index is 3.61. The molecule has 0 aliphatic carbocycles. The molecule has 0 fully saturated rings. The second kappa shape index (κ2) is 4.11. The molecule has 0 atom stereocenters. The standard InChI is InChI=1S/C12H14Si/c1-4-5-11-13(2,3)12-9-7-6-8-10-12/h4,6-10H,1H2,2-3H3. The van der Waals surface area contributed by atoms with Crippen LogP contribution in [-0.2, 0) is 0 Å². The Hall–Kier alpha value is -1.26. The molecule has 0 saturated carbocycles. The van der Waals surface area contributed by atoms with E-state index in [9.17, 15) is 0 Å². The summed E-state index contributed by atoms with van der Waals surface area (Å²) in [4.78, 5) is 0. The smallest absolute Gasteiger partial charge is 0.121 e. The van der Waals surface area contributed by atoms with Gasteiger partial charge in [-0.15, -0.1) is 5.54 Å². The Morgan fingerprint density at radius 2 is 1.85 bits per heavy atom. The van der Waals surface area contributed by atoms with E-state index in [1.807, 2.05) is 6.07 Å². The first-order valence-corrected chi connectivity index (χ1v) is 7.36. The van der Waals surface area contributed by atoms with Crippen molar-refractivity contribution in [2.24, 2.45) is 0 Å². The monoisotopic (exact) mass is 186 g/mol. The highest BCUT2D eigenvalue weighted by Gasteiger charge is 2.19. The van der Waals surface area contributed by atoms with Gasteiger partial charge in [0.05, 0.1) is 0 Å². The molecule has 13 heavy (non-hydrogen) atoms. The zero-order valence-electron chi connectivity index (χ0n) is 8.17. The van der Waals surface area contributed by atoms with E-state index in [1.54, 1.807) is 6.08 Å². The van der Waals surface area contributed by atoms with Crippen LogP contribution in [0.5, 0.6) is 0 Å². The van der Waals surface area contributed by atoms with Crippen LogP contribution in [0.1, 0.15) is 0 Å². The van der Waals surface area contributed by atoms with E-state index in [0.717, 1.165) is 0 Å². The third-order valence-electron chi connectivity index (χ3n) is 1.98. The lowest BCUT2D eigenvalue weighted by molar-refractivity contribution is 1.72. The summed E-state index contributed by atoms with van der Waals surface area (Å²) in [6, 6.07) is 10.5. The maximum Gasteiger partial charge on any atom is 0.163 e. The Morgan fingerprint density at radius 1 is 1.23 bits per heavy atom. The number of benzene rings is 1. The van der Waals surface area contributed by atoms with E-state index in [0.29, 0.717) is 0 Å². The number of hydrogen-bond donors (Lipinski definition) is 0. The van der Waals surface area contributed by atoms with Crippen LogP contribution in [0.3, 0.4) is 0 Å². The predicted molar refractivity (Wildman–Crippen MR) is 61.5 cm³/mol. The second-order valence-electron chi connectivity index (χ2n) is 3.46. The van der Waals surface area contributed by atoms with Crippen LogP contribution in [0.15, 0.2) is 43.0 Å². The Kier molecular flexibility index (Phi) is 3.11. The maximum absolute atomic E-state index is 3.61. The zero-order valence-corrected chi connectivity index (χ0v) is 9.17. The molecule has 66 valence electrons. The molecule has 0 saturated heterocycles. The Labute approximate surface area is 81.3 Å². The highest BCUT2D eigenvalue weighted by Crippen LogP contribution is 2.00. The van der Waals surface area contributed by atoms with Gasteiger partial charge in [-0.2, -0.15) is 0 Å².